The SMILES string of the molecule is Cc1ccc(C)c(C(=O)COc2ccc(C(C)C)cc2)c1. The molecule has 0 aromatic heterocycles. The zero-order valence-electron chi connectivity index (χ0n) is 13.1. The highest BCUT2D eigenvalue weighted by molar-refractivity contribution is 5.98. The van der Waals surface area contributed by atoms with Crippen molar-refractivity contribution < 1.29 is 9.53 Å². The number of carbonyl (C=O) groups excluding carboxylic acids is 1. The molecule has 21 heavy (non-hydrogen) atoms. The number of ketones is 1. The van der Waals surface area contributed by atoms with Crippen molar-refractivity contribution >= 4 is 5.78 Å². The van der Waals surface area contributed by atoms with E-state index in [9.17, 15) is 4.79 Å². The molecule has 0 saturated carbocycles. The number of ether oxygens (including phenoxy) is 1. The lowest BCUT2D eigenvalue weighted by Gasteiger charge is -2.10. The zero-order valence-corrected chi connectivity index (χ0v) is 13.1. The lowest BCUT2D eigenvalue weighted by atomic mass is 10.0. The van der Waals surface area contributed by atoms with Gasteiger partial charge in [-0.15, -0.1) is 0 Å². The predicted molar refractivity (Wildman–Crippen MR) is 86.3 cm³/mol. The summed E-state index contributed by atoms with van der Waals surface area (Å²) in [5, 5.41) is 0. The maximum absolute atomic E-state index is 12.2. The molecule has 0 radical (unpaired) electrons. The zero-order chi connectivity index (χ0) is 15.4. The normalized spacial score (nSPS) is 10.7. The molecule has 0 heterocycles. The van der Waals surface area contributed by atoms with Gasteiger partial charge in [0.15, 0.2) is 12.4 Å². The average molecular weight is 282 g/mol. The smallest absolute Gasteiger partial charge is 0.200 e. The van der Waals surface area contributed by atoms with E-state index in [1.54, 1.807) is 0 Å². The summed E-state index contributed by atoms with van der Waals surface area (Å²) in [6.07, 6.45) is 0. The van der Waals surface area contributed by atoms with Crippen LogP contribution in [0, 0.1) is 13.8 Å². The van der Waals surface area contributed by atoms with Crippen LogP contribution in [0.5, 0.6) is 5.75 Å². The number of rotatable bonds is 5. The van der Waals surface area contributed by atoms with Crippen LogP contribution in [0.15, 0.2) is 42.5 Å². The van der Waals surface area contributed by atoms with Gasteiger partial charge in [-0.1, -0.05) is 43.7 Å². The van der Waals surface area contributed by atoms with Crippen molar-refractivity contribution in [3.8, 4) is 5.75 Å². The molecule has 0 spiro atoms. The summed E-state index contributed by atoms with van der Waals surface area (Å²) in [4.78, 5) is 12.2. The fourth-order valence-corrected chi connectivity index (χ4v) is 2.21. The highest BCUT2D eigenvalue weighted by Gasteiger charge is 2.10. The first-order valence-electron chi connectivity index (χ1n) is 7.30. The molecule has 0 unspecified atom stereocenters. The number of hydrogen-bond donors (Lipinski definition) is 0. The largest absolute Gasteiger partial charge is 0.485 e. The minimum Gasteiger partial charge on any atom is -0.485 e. The quantitative estimate of drug-likeness (QED) is 0.744. The first kappa shape index (κ1) is 15.3. The van der Waals surface area contributed by atoms with Gasteiger partial charge in [-0.25, -0.2) is 0 Å². The van der Waals surface area contributed by atoms with Crippen molar-refractivity contribution in [3.63, 3.8) is 0 Å². The third kappa shape index (κ3) is 3.94. The van der Waals surface area contributed by atoms with E-state index in [-0.39, 0.29) is 12.4 Å². The Hall–Kier alpha value is -2.09. The van der Waals surface area contributed by atoms with Gasteiger partial charge in [0.1, 0.15) is 5.75 Å². The highest BCUT2D eigenvalue weighted by atomic mass is 16.5. The van der Waals surface area contributed by atoms with Crippen molar-refractivity contribution in [2.24, 2.45) is 0 Å². The number of carbonyl (C=O) groups is 1. The predicted octanol–water partition coefficient (Wildman–Crippen LogP) is 4.69. The van der Waals surface area contributed by atoms with Crippen LogP contribution in [-0.2, 0) is 0 Å². The summed E-state index contributed by atoms with van der Waals surface area (Å²) in [6.45, 7) is 8.32. The van der Waals surface area contributed by atoms with Crippen LogP contribution in [0.2, 0.25) is 0 Å². The van der Waals surface area contributed by atoms with E-state index in [1.165, 1.54) is 5.56 Å². The van der Waals surface area contributed by atoms with Crippen LogP contribution in [-0.4, -0.2) is 12.4 Å². The first-order chi connectivity index (χ1) is 9.97. The molecule has 2 rings (SSSR count). The van der Waals surface area contributed by atoms with Gasteiger partial charge < -0.3 is 4.74 Å². The second-order valence-electron chi connectivity index (χ2n) is 5.75. The molecule has 2 aromatic rings. The second kappa shape index (κ2) is 6.57. The Balaban J connectivity index is 2.02. The third-order valence-electron chi connectivity index (χ3n) is 3.61. The molecule has 0 fully saturated rings. The minimum absolute atomic E-state index is 0.0177. The van der Waals surface area contributed by atoms with Crippen molar-refractivity contribution in [2.75, 3.05) is 6.61 Å². The fourth-order valence-electron chi connectivity index (χ4n) is 2.21. The molecule has 2 nitrogen and oxygen atoms in total. The molecule has 0 saturated heterocycles. The maximum Gasteiger partial charge on any atom is 0.200 e. The number of Topliss-reactive ketones (excluding diaryl/α,β-unsaturated/α-hetero) is 1. The van der Waals surface area contributed by atoms with Crippen molar-refractivity contribution in [1.29, 1.82) is 0 Å². The monoisotopic (exact) mass is 282 g/mol. The molecule has 0 aliphatic heterocycles. The topological polar surface area (TPSA) is 26.3 Å². The molecule has 2 heteroatoms. The van der Waals surface area contributed by atoms with E-state index >= 15 is 0 Å². The van der Waals surface area contributed by atoms with Crippen LogP contribution in [0.25, 0.3) is 0 Å². The van der Waals surface area contributed by atoms with E-state index < -0.39 is 0 Å². The second-order valence-corrected chi connectivity index (χ2v) is 5.75. The van der Waals surface area contributed by atoms with Gasteiger partial charge in [0.2, 0.25) is 0 Å². The molecule has 0 bridgehead atoms. The fraction of sp³-hybridized carbons (Fsp3) is 0.316. The summed E-state index contributed by atoms with van der Waals surface area (Å²) in [7, 11) is 0. The number of hydrogen-bond acceptors (Lipinski definition) is 2. The van der Waals surface area contributed by atoms with Gasteiger partial charge >= 0.3 is 0 Å². The van der Waals surface area contributed by atoms with Crippen LogP contribution >= 0.6 is 0 Å². The lowest BCUT2D eigenvalue weighted by molar-refractivity contribution is 0.0921. The van der Waals surface area contributed by atoms with Crippen LogP contribution in [0.1, 0.15) is 46.8 Å². The van der Waals surface area contributed by atoms with Gasteiger partial charge in [-0.2, -0.15) is 0 Å². The Morgan fingerprint density at radius 3 is 2.33 bits per heavy atom. The summed E-state index contributed by atoms with van der Waals surface area (Å²) >= 11 is 0. The van der Waals surface area contributed by atoms with Crippen LogP contribution in [0.3, 0.4) is 0 Å². The maximum atomic E-state index is 12.2. The Kier molecular flexibility index (Phi) is 4.79. The molecule has 0 aliphatic carbocycles. The van der Waals surface area contributed by atoms with Gasteiger partial charge in [-0.3, -0.25) is 4.79 Å². The Morgan fingerprint density at radius 2 is 1.71 bits per heavy atom. The Labute approximate surface area is 126 Å². The molecule has 0 N–H and O–H groups in total. The van der Waals surface area contributed by atoms with Crippen molar-refractivity contribution in [3.05, 3.63) is 64.7 Å². The molecule has 0 aliphatic rings. The molecule has 0 atom stereocenters. The number of benzene rings is 2. The molecule has 2 aromatic carbocycles. The van der Waals surface area contributed by atoms with Crippen molar-refractivity contribution in [1.82, 2.24) is 0 Å². The first-order valence-corrected chi connectivity index (χ1v) is 7.30. The van der Waals surface area contributed by atoms with E-state index in [2.05, 4.69) is 13.8 Å². The van der Waals surface area contributed by atoms with Gasteiger partial charge in [0, 0.05) is 5.56 Å². The van der Waals surface area contributed by atoms with E-state index in [0.29, 0.717) is 5.92 Å². The molecular formula is C19H22O2. The molecular weight excluding hydrogens is 260 g/mol. The summed E-state index contributed by atoms with van der Waals surface area (Å²) in [5.41, 5.74) is 4.09. The van der Waals surface area contributed by atoms with E-state index in [1.807, 2.05) is 56.3 Å². The average Bonchev–Trinajstić information content (AvgIpc) is 2.47. The highest BCUT2D eigenvalue weighted by Crippen LogP contribution is 2.19. The minimum atomic E-state index is 0.0177. The Morgan fingerprint density at radius 1 is 1.05 bits per heavy atom. The van der Waals surface area contributed by atoms with Gasteiger partial charge in [0.05, 0.1) is 0 Å². The molecule has 110 valence electrons. The van der Waals surface area contributed by atoms with Crippen molar-refractivity contribution in [2.45, 2.75) is 33.6 Å². The Bertz CT molecular complexity index is 625. The van der Waals surface area contributed by atoms with E-state index in [4.69, 9.17) is 4.74 Å². The van der Waals surface area contributed by atoms with Gasteiger partial charge in [0.25, 0.3) is 0 Å². The van der Waals surface area contributed by atoms with E-state index in [0.717, 1.165) is 22.4 Å². The van der Waals surface area contributed by atoms with Gasteiger partial charge in [-0.05, 0) is 49.1 Å². The lowest BCUT2D eigenvalue weighted by Crippen LogP contribution is -2.13. The summed E-state index contributed by atoms with van der Waals surface area (Å²) in [5.74, 6) is 1.25. The molecule has 0 amide bonds. The number of aryl methyl sites for hydroxylation is 2. The van der Waals surface area contributed by atoms with Crippen LogP contribution in [0.4, 0.5) is 0 Å². The summed E-state index contributed by atoms with van der Waals surface area (Å²) < 4.78 is 5.60. The third-order valence-corrected chi connectivity index (χ3v) is 3.61. The summed E-state index contributed by atoms with van der Waals surface area (Å²) in [6, 6.07) is 13.8. The standard InChI is InChI=1S/C19H22O2/c1-13(2)16-7-9-17(10-8-16)21-12-19(20)18-11-14(3)5-6-15(18)4/h5-11,13H,12H2,1-4H3. The van der Waals surface area contributed by atoms with Crippen LogP contribution < -0.4 is 4.74 Å².